The molecule has 1 aliphatic heterocycles. The lowest BCUT2D eigenvalue weighted by Gasteiger charge is -2.35. The van der Waals surface area contributed by atoms with Crippen molar-refractivity contribution in [1.82, 2.24) is 15.6 Å². The Morgan fingerprint density at radius 1 is 1.25 bits per heavy atom. The number of aliphatic imine (C=N–C) groups is 1. The number of hydrogen-bond donors (Lipinski definition) is 2. The van der Waals surface area contributed by atoms with Gasteiger partial charge in [0.2, 0.25) is 0 Å². The van der Waals surface area contributed by atoms with Crippen LogP contribution in [0.3, 0.4) is 0 Å². The fourth-order valence-corrected chi connectivity index (χ4v) is 4.33. The van der Waals surface area contributed by atoms with E-state index in [-0.39, 0.29) is 24.0 Å². The minimum atomic E-state index is 0. The summed E-state index contributed by atoms with van der Waals surface area (Å²) in [4.78, 5) is 13.0. The first kappa shape index (κ1) is 22.9. The lowest BCUT2D eigenvalue weighted by atomic mass is 10.0. The second kappa shape index (κ2) is 11.0. The summed E-state index contributed by atoms with van der Waals surface area (Å²) in [6.07, 6.45) is 2.36. The van der Waals surface area contributed by atoms with Gasteiger partial charge in [-0.1, -0.05) is 17.7 Å². The van der Waals surface area contributed by atoms with Crippen LogP contribution in [0.25, 0.3) is 0 Å². The van der Waals surface area contributed by atoms with Crippen LogP contribution >= 0.6 is 35.3 Å². The van der Waals surface area contributed by atoms with Gasteiger partial charge in [-0.25, -0.2) is 9.98 Å². The van der Waals surface area contributed by atoms with Crippen molar-refractivity contribution in [3.05, 3.63) is 45.4 Å². The molecule has 28 heavy (non-hydrogen) atoms. The van der Waals surface area contributed by atoms with Crippen LogP contribution in [0.5, 0.6) is 0 Å². The maximum Gasteiger partial charge on any atom is 0.191 e. The molecule has 1 fully saturated rings. The number of anilines is 1. The average molecular weight is 513 g/mol. The van der Waals surface area contributed by atoms with Crippen molar-refractivity contribution in [3.8, 4) is 0 Å². The molecule has 0 spiro atoms. The van der Waals surface area contributed by atoms with E-state index in [2.05, 4.69) is 72.5 Å². The van der Waals surface area contributed by atoms with Gasteiger partial charge in [-0.05, 0) is 52.7 Å². The average Bonchev–Trinajstić information content (AvgIpc) is 2.98. The van der Waals surface area contributed by atoms with Crippen molar-refractivity contribution in [2.75, 3.05) is 24.5 Å². The van der Waals surface area contributed by atoms with Crippen molar-refractivity contribution in [2.45, 2.75) is 53.1 Å². The number of nitrogens with one attached hydrogen (secondary N) is 2. The number of nitrogens with zero attached hydrogens (tertiary/aromatic N) is 3. The van der Waals surface area contributed by atoms with Crippen LogP contribution in [0.1, 0.15) is 40.9 Å². The molecular formula is C21H32IN5S. The number of aromatic nitrogens is 1. The van der Waals surface area contributed by atoms with E-state index in [0.29, 0.717) is 12.6 Å². The molecule has 2 N–H and O–H groups in total. The number of guanidine groups is 1. The highest BCUT2D eigenvalue weighted by Gasteiger charge is 2.21. The van der Waals surface area contributed by atoms with Crippen molar-refractivity contribution < 1.29 is 0 Å². The monoisotopic (exact) mass is 513 g/mol. The normalized spacial score (nSPS) is 17.2. The molecule has 1 aliphatic rings. The Bertz CT molecular complexity index is 772. The summed E-state index contributed by atoms with van der Waals surface area (Å²) in [5.74, 6) is 0.902. The van der Waals surface area contributed by atoms with Gasteiger partial charge in [-0.15, -0.1) is 35.3 Å². The van der Waals surface area contributed by atoms with Gasteiger partial charge in [0.1, 0.15) is 0 Å². The minimum Gasteiger partial charge on any atom is -0.369 e. The second-order valence-electron chi connectivity index (χ2n) is 7.20. The van der Waals surface area contributed by atoms with Crippen molar-refractivity contribution >= 4 is 47.0 Å². The minimum absolute atomic E-state index is 0. The van der Waals surface area contributed by atoms with E-state index in [9.17, 15) is 0 Å². The van der Waals surface area contributed by atoms with Crippen molar-refractivity contribution in [1.29, 1.82) is 0 Å². The number of halogens is 1. The molecule has 2 aromatic rings. The zero-order chi connectivity index (χ0) is 19.2. The third kappa shape index (κ3) is 6.34. The van der Waals surface area contributed by atoms with Gasteiger partial charge in [0, 0.05) is 36.2 Å². The highest BCUT2D eigenvalue weighted by Crippen LogP contribution is 2.21. The first-order chi connectivity index (χ1) is 13.0. The van der Waals surface area contributed by atoms with E-state index in [1.54, 1.807) is 11.3 Å². The summed E-state index contributed by atoms with van der Waals surface area (Å²) < 4.78 is 0. The molecule has 0 radical (unpaired) electrons. The van der Waals surface area contributed by atoms with E-state index < -0.39 is 0 Å². The standard InChI is InChI=1S/C21H31N5S.HI/c1-5-22-21(23-13-20-16(3)24-17(4)27-20)25-18-7-6-12-26(14-18)19-10-8-15(2)9-11-19;/h8-11,18H,5-7,12-14H2,1-4H3,(H2,22,23,25);1H. The van der Waals surface area contributed by atoms with E-state index in [0.717, 1.165) is 36.3 Å². The Hall–Kier alpha value is -1.35. The lowest BCUT2D eigenvalue weighted by Crippen LogP contribution is -2.51. The smallest absolute Gasteiger partial charge is 0.191 e. The van der Waals surface area contributed by atoms with E-state index >= 15 is 0 Å². The highest BCUT2D eigenvalue weighted by molar-refractivity contribution is 14.0. The highest BCUT2D eigenvalue weighted by atomic mass is 127. The van der Waals surface area contributed by atoms with Crippen LogP contribution in [-0.4, -0.2) is 36.6 Å². The Morgan fingerprint density at radius 3 is 2.64 bits per heavy atom. The van der Waals surface area contributed by atoms with E-state index in [1.807, 2.05) is 0 Å². The topological polar surface area (TPSA) is 52.6 Å². The Kier molecular flexibility index (Phi) is 9.01. The molecule has 1 unspecified atom stereocenters. The molecule has 1 saturated heterocycles. The number of piperidine rings is 1. The maximum absolute atomic E-state index is 4.81. The quantitative estimate of drug-likeness (QED) is 0.354. The summed E-state index contributed by atoms with van der Waals surface area (Å²) >= 11 is 1.74. The molecule has 2 heterocycles. The third-order valence-corrected chi connectivity index (χ3v) is 5.94. The zero-order valence-corrected chi connectivity index (χ0v) is 20.4. The largest absolute Gasteiger partial charge is 0.369 e. The Labute approximate surface area is 190 Å². The molecule has 1 aromatic carbocycles. The van der Waals surface area contributed by atoms with Crippen LogP contribution in [0, 0.1) is 20.8 Å². The molecular weight excluding hydrogens is 481 g/mol. The van der Waals surface area contributed by atoms with Crippen molar-refractivity contribution in [2.24, 2.45) is 4.99 Å². The summed E-state index contributed by atoms with van der Waals surface area (Å²) in [6, 6.07) is 9.24. The van der Waals surface area contributed by atoms with E-state index in [1.165, 1.54) is 29.0 Å². The van der Waals surface area contributed by atoms with Gasteiger partial charge < -0.3 is 15.5 Å². The van der Waals surface area contributed by atoms with Crippen LogP contribution in [0.15, 0.2) is 29.3 Å². The van der Waals surface area contributed by atoms with Gasteiger partial charge in [-0.3, -0.25) is 0 Å². The number of thiazole rings is 1. The predicted molar refractivity (Wildman–Crippen MR) is 131 cm³/mol. The molecule has 0 amide bonds. The van der Waals surface area contributed by atoms with Crippen LogP contribution in [0.2, 0.25) is 0 Å². The maximum atomic E-state index is 4.81. The van der Waals surface area contributed by atoms with Gasteiger partial charge >= 0.3 is 0 Å². The Balaban J connectivity index is 0.00000280. The van der Waals surface area contributed by atoms with Gasteiger partial charge in [0.25, 0.3) is 0 Å². The van der Waals surface area contributed by atoms with Gasteiger partial charge in [0.15, 0.2) is 5.96 Å². The first-order valence-electron chi connectivity index (χ1n) is 9.84. The number of rotatable bonds is 5. The molecule has 1 aromatic heterocycles. The molecule has 5 nitrogen and oxygen atoms in total. The van der Waals surface area contributed by atoms with Crippen molar-refractivity contribution in [3.63, 3.8) is 0 Å². The predicted octanol–water partition coefficient (Wildman–Crippen LogP) is 4.41. The molecule has 0 bridgehead atoms. The molecule has 1 atom stereocenters. The van der Waals surface area contributed by atoms with Gasteiger partial charge in [-0.2, -0.15) is 0 Å². The molecule has 0 aliphatic carbocycles. The van der Waals surface area contributed by atoms with E-state index in [4.69, 9.17) is 4.99 Å². The molecule has 7 heteroatoms. The summed E-state index contributed by atoms with van der Waals surface area (Å²) in [5, 5.41) is 8.15. The first-order valence-corrected chi connectivity index (χ1v) is 10.7. The number of hydrogen-bond acceptors (Lipinski definition) is 4. The number of aryl methyl sites for hydroxylation is 3. The molecule has 0 saturated carbocycles. The summed E-state index contributed by atoms with van der Waals surface area (Å²) in [5.41, 5.74) is 3.71. The number of benzene rings is 1. The lowest BCUT2D eigenvalue weighted by molar-refractivity contribution is 0.468. The van der Waals surface area contributed by atoms with Crippen LogP contribution in [0.4, 0.5) is 5.69 Å². The Morgan fingerprint density at radius 2 is 2.00 bits per heavy atom. The van der Waals surface area contributed by atoms with Gasteiger partial charge in [0.05, 0.1) is 17.2 Å². The summed E-state index contributed by atoms with van der Waals surface area (Å²) in [7, 11) is 0. The van der Waals surface area contributed by atoms with Crippen LogP contribution < -0.4 is 15.5 Å². The molecule has 3 rings (SSSR count). The summed E-state index contributed by atoms with van der Waals surface area (Å²) in [6.45, 7) is 12.0. The SMILES string of the molecule is CCNC(=NCc1sc(C)nc1C)NC1CCCN(c2ccc(C)cc2)C1.I. The fraction of sp³-hybridized carbons (Fsp3) is 0.524. The fourth-order valence-electron chi connectivity index (χ4n) is 3.47. The zero-order valence-electron chi connectivity index (χ0n) is 17.3. The molecule has 154 valence electrons. The third-order valence-electron chi connectivity index (χ3n) is 4.89. The second-order valence-corrected chi connectivity index (χ2v) is 8.49. The van der Waals surface area contributed by atoms with Crippen LogP contribution in [-0.2, 0) is 6.54 Å².